The third kappa shape index (κ3) is 3.49. The van der Waals surface area contributed by atoms with E-state index in [9.17, 15) is 10.1 Å². The molecule has 0 fully saturated rings. The molecule has 0 aliphatic heterocycles. The molecule has 0 bridgehead atoms. The molecular weight excluding hydrogens is 228 g/mol. The molecule has 4 heteroatoms. The Kier molecular flexibility index (Phi) is 4.73. The van der Waals surface area contributed by atoms with Crippen LogP contribution in [0.15, 0.2) is 24.3 Å². The van der Waals surface area contributed by atoms with E-state index in [0.717, 1.165) is 11.3 Å². The number of hydrogen-bond donors (Lipinski definition) is 1. The number of nitriles is 1. The minimum absolute atomic E-state index is 0.188. The minimum Gasteiger partial charge on any atom is -0.497 e. The lowest BCUT2D eigenvalue weighted by atomic mass is 9.89. The van der Waals surface area contributed by atoms with Gasteiger partial charge in [-0.25, -0.2) is 0 Å². The van der Waals surface area contributed by atoms with Gasteiger partial charge in [-0.15, -0.1) is 0 Å². The summed E-state index contributed by atoms with van der Waals surface area (Å²) in [6, 6.07) is 9.72. The van der Waals surface area contributed by atoms with Gasteiger partial charge < -0.3 is 10.1 Å². The fraction of sp³-hybridized carbons (Fsp3) is 0.429. The van der Waals surface area contributed by atoms with Crippen LogP contribution in [-0.4, -0.2) is 18.6 Å². The maximum Gasteiger partial charge on any atom is 0.218 e. The fourth-order valence-electron chi connectivity index (χ4n) is 1.83. The van der Waals surface area contributed by atoms with Gasteiger partial charge in [0.15, 0.2) is 0 Å². The van der Waals surface area contributed by atoms with Gasteiger partial charge in [0, 0.05) is 13.3 Å². The number of methoxy groups -OCH3 is 1. The zero-order valence-electron chi connectivity index (χ0n) is 11.0. The highest BCUT2D eigenvalue weighted by Crippen LogP contribution is 2.19. The maximum atomic E-state index is 11.2. The molecule has 1 amide bonds. The predicted molar refractivity (Wildman–Crippen MR) is 69.1 cm³/mol. The first kappa shape index (κ1) is 14.0. The molecule has 0 aliphatic rings. The Balaban J connectivity index is 2.89. The number of amides is 1. The Labute approximate surface area is 108 Å². The van der Waals surface area contributed by atoms with Crippen LogP contribution in [0, 0.1) is 11.3 Å². The Morgan fingerprint density at radius 1 is 1.44 bits per heavy atom. The van der Waals surface area contributed by atoms with Crippen LogP contribution in [0.5, 0.6) is 5.75 Å². The van der Waals surface area contributed by atoms with E-state index < -0.39 is 5.54 Å². The zero-order chi connectivity index (χ0) is 13.6. The van der Waals surface area contributed by atoms with E-state index in [1.807, 2.05) is 31.2 Å². The molecule has 96 valence electrons. The van der Waals surface area contributed by atoms with Crippen LogP contribution in [0.2, 0.25) is 0 Å². The van der Waals surface area contributed by atoms with E-state index in [4.69, 9.17) is 4.74 Å². The van der Waals surface area contributed by atoms with Crippen molar-refractivity contribution in [3.05, 3.63) is 29.8 Å². The third-order valence-corrected chi connectivity index (χ3v) is 2.90. The molecule has 1 aromatic rings. The summed E-state index contributed by atoms with van der Waals surface area (Å²) in [6.45, 7) is 3.32. The lowest BCUT2D eigenvalue weighted by Gasteiger charge is -2.26. The molecular formula is C14H18N2O2. The fourth-order valence-corrected chi connectivity index (χ4v) is 1.83. The minimum atomic E-state index is -0.833. The van der Waals surface area contributed by atoms with Crippen molar-refractivity contribution in [2.75, 3.05) is 7.11 Å². The van der Waals surface area contributed by atoms with E-state index in [0.29, 0.717) is 12.8 Å². The molecule has 0 saturated heterocycles. The average Bonchev–Trinajstić information content (AvgIpc) is 2.38. The van der Waals surface area contributed by atoms with Crippen molar-refractivity contribution < 1.29 is 9.53 Å². The number of nitrogens with zero attached hydrogens (tertiary/aromatic N) is 1. The van der Waals surface area contributed by atoms with Crippen molar-refractivity contribution in [1.82, 2.24) is 5.32 Å². The van der Waals surface area contributed by atoms with Crippen molar-refractivity contribution in [3.8, 4) is 11.8 Å². The van der Waals surface area contributed by atoms with Crippen LogP contribution in [0.25, 0.3) is 0 Å². The number of hydrogen-bond acceptors (Lipinski definition) is 3. The number of carbonyl (C=O) groups excluding carboxylic acids is 1. The standard InChI is InChI=1S/C14H18N2O2/c1-4-14(10-15,16-11(2)17)9-12-5-7-13(18-3)8-6-12/h5-8H,4,9H2,1-3H3,(H,16,17). The normalized spacial score (nSPS) is 13.2. The highest BCUT2D eigenvalue weighted by molar-refractivity contribution is 5.74. The first-order chi connectivity index (χ1) is 8.55. The smallest absolute Gasteiger partial charge is 0.218 e. The lowest BCUT2D eigenvalue weighted by Crippen LogP contribution is -2.47. The molecule has 0 heterocycles. The molecule has 1 atom stereocenters. The molecule has 0 saturated carbocycles. The molecule has 0 aliphatic carbocycles. The van der Waals surface area contributed by atoms with E-state index in [2.05, 4.69) is 11.4 Å². The molecule has 18 heavy (non-hydrogen) atoms. The second-order valence-electron chi connectivity index (χ2n) is 4.25. The second-order valence-corrected chi connectivity index (χ2v) is 4.25. The van der Waals surface area contributed by atoms with Crippen molar-refractivity contribution >= 4 is 5.91 Å². The molecule has 1 aromatic carbocycles. The van der Waals surface area contributed by atoms with E-state index in [1.165, 1.54) is 6.92 Å². The molecule has 0 radical (unpaired) electrons. The van der Waals surface area contributed by atoms with Gasteiger partial charge in [0.05, 0.1) is 13.2 Å². The second kappa shape index (κ2) is 6.06. The number of rotatable bonds is 5. The summed E-state index contributed by atoms with van der Waals surface area (Å²) >= 11 is 0. The van der Waals surface area contributed by atoms with Gasteiger partial charge in [0.2, 0.25) is 5.91 Å². The van der Waals surface area contributed by atoms with Gasteiger partial charge >= 0.3 is 0 Å². The van der Waals surface area contributed by atoms with Gasteiger partial charge in [0.25, 0.3) is 0 Å². The number of ether oxygens (including phenoxy) is 1. The molecule has 4 nitrogen and oxygen atoms in total. The van der Waals surface area contributed by atoms with Gasteiger partial charge in [0.1, 0.15) is 11.3 Å². The van der Waals surface area contributed by atoms with Gasteiger partial charge in [-0.3, -0.25) is 4.79 Å². The molecule has 1 unspecified atom stereocenters. The summed E-state index contributed by atoms with van der Waals surface area (Å²) in [5.41, 5.74) is 0.161. The lowest BCUT2D eigenvalue weighted by molar-refractivity contribution is -0.120. The predicted octanol–water partition coefficient (Wildman–Crippen LogP) is 2.05. The van der Waals surface area contributed by atoms with Gasteiger partial charge in [-0.05, 0) is 24.1 Å². The molecule has 1 N–H and O–H groups in total. The highest BCUT2D eigenvalue weighted by atomic mass is 16.5. The average molecular weight is 246 g/mol. The van der Waals surface area contributed by atoms with Crippen molar-refractivity contribution in [3.63, 3.8) is 0 Å². The van der Waals surface area contributed by atoms with Crippen LogP contribution >= 0.6 is 0 Å². The van der Waals surface area contributed by atoms with E-state index in [1.54, 1.807) is 7.11 Å². The summed E-state index contributed by atoms with van der Waals surface area (Å²) in [6.07, 6.45) is 1.05. The van der Waals surface area contributed by atoms with Crippen LogP contribution in [-0.2, 0) is 11.2 Å². The highest BCUT2D eigenvalue weighted by Gasteiger charge is 2.29. The first-order valence-corrected chi connectivity index (χ1v) is 5.88. The summed E-state index contributed by atoms with van der Waals surface area (Å²) in [5, 5.41) is 12.0. The number of benzene rings is 1. The first-order valence-electron chi connectivity index (χ1n) is 5.88. The number of nitrogens with one attached hydrogen (secondary N) is 1. The summed E-state index contributed by atoms with van der Waals surface area (Å²) in [7, 11) is 1.61. The van der Waals surface area contributed by atoms with Crippen molar-refractivity contribution in [2.24, 2.45) is 0 Å². The Hall–Kier alpha value is -2.02. The zero-order valence-corrected chi connectivity index (χ0v) is 11.0. The van der Waals surface area contributed by atoms with Crippen molar-refractivity contribution in [1.29, 1.82) is 5.26 Å². The van der Waals surface area contributed by atoms with E-state index >= 15 is 0 Å². The van der Waals surface area contributed by atoms with Gasteiger partial charge in [-0.2, -0.15) is 5.26 Å². The van der Waals surface area contributed by atoms with Crippen molar-refractivity contribution in [2.45, 2.75) is 32.2 Å². The summed E-state index contributed by atoms with van der Waals surface area (Å²) in [4.78, 5) is 11.2. The molecule has 0 spiro atoms. The largest absolute Gasteiger partial charge is 0.497 e. The maximum absolute atomic E-state index is 11.2. The monoisotopic (exact) mass is 246 g/mol. The number of carbonyl (C=O) groups is 1. The topological polar surface area (TPSA) is 62.1 Å². The quantitative estimate of drug-likeness (QED) is 0.864. The van der Waals surface area contributed by atoms with Crippen LogP contribution in [0.3, 0.4) is 0 Å². The molecule has 0 aromatic heterocycles. The summed E-state index contributed by atoms with van der Waals surface area (Å²) in [5.74, 6) is 0.587. The third-order valence-electron chi connectivity index (χ3n) is 2.90. The van der Waals surface area contributed by atoms with E-state index in [-0.39, 0.29) is 5.91 Å². The Bertz CT molecular complexity index is 448. The van der Waals surface area contributed by atoms with Crippen LogP contribution in [0.4, 0.5) is 0 Å². The Morgan fingerprint density at radius 2 is 2.06 bits per heavy atom. The van der Waals surface area contributed by atoms with Crippen LogP contribution < -0.4 is 10.1 Å². The molecule has 1 rings (SSSR count). The Morgan fingerprint density at radius 3 is 2.44 bits per heavy atom. The van der Waals surface area contributed by atoms with Crippen LogP contribution in [0.1, 0.15) is 25.8 Å². The SMILES string of the molecule is CCC(C#N)(Cc1ccc(OC)cc1)NC(C)=O. The van der Waals surface area contributed by atoms with Gasteiger partial charge in [-0.1, -0.05) is 19.1 Å². The summed E-state index contributed by atoms with van der Waals surface area (Å²) < 4.78 is 5.08.